The van der Waals surface area contributed by atoms with E-state index >= 15 is 0 Å². The average molecular weight is 257 g/mol. The van der Waals surface area contributed by atoms with Crippen molar-refractivity contribution in [1.82, 2.24) is 4.98 Å². The highest BCUT2D eigenvalue weighted by Crippen LogP contribution is 2.21. The first kappa shape index (κ1) is 14.8. The van der Waals surface area contributed by atoms with Crippen LogP contribution in [0.2, 0.25) is 0 Å². The number of pyridine rings is 1. The van der Waals surface area contributed by atoms with E-state index in [2.05, 4.69) is 15.0 Å². The van der Waals surface area contributed by atoms with Crippen molar-refractivity contribution in [3.05, 3.63) is 17.8 Å². The molecule has 0 amide bonds. The maximum Gasteiger partial charge on any atom is 0.422 e. The highest BCUT2D eigenvalue weighted by atomic mass is 35.5. The lowest BCUT2D eigenvalue weighted by Gasteiger charge is -2.10. The van der Waals surface area contributed by atoms with E-state index in [1.807, 2.05) is 0 Å². The van der Waals surface area contributed by atoms with Crippen molar-refractivity contribution in [2.24, 2.45) is 0 Å². The first-order valence-electron chi connectivity index (χ1n) is 4.26. The van der Waals surface area contributed by atoms with Gasteiger partial charge in [-0.1, -0.05) is 0 Å². The van der Waals surface area contributed by atoms with Gasteiger partial charge in [-0.05, 0) is 13.0 Å². The normalized spacial score (nSPS) is 10.6. The van der Waals surface area contributed by atoms with E-state index in [4.69, 9.17) is 0 Å². The highest BCUT2D eigenvalue weighted by Gasteiger charge is 2.28. The highest BCUT2D eigenvalue weighted by molar-refractivity contribution is 5.85. The van der Waals surface area contributed by atoms with E-state index in [9.17, 15) is 13.2 Å². The van der Waals surface area contributed by atoms with Crippen LogP contribution in [-0.2, 0) is 0 Å². The van der Waals surface area contributed by atoms with E-state index in [1.54, 1.807) is 20.0 Å². The number of hydrogen-bond donors (Lipinski definition) is 1. The van der Waals surface area contributed by atoms with Crippen LogP contribution in [0.4, 0.5) is 18.9 Å². The zero-order valence-electron chi connectivity index (χ0n) is 8.76. The number of anilines is 1. The van der Waals surface area contributed by atoms with Crippen LogP contribution in [0.5, 0.6) is 5.88 Å². The molecule has 1 heterocycles. The van der Waals surface area contributed by atoms with E-state index in [1.165, 1.54) is 6.20 Å². The van der Waals surface area contributed by atoms with Gasteiger partial charge in [0.2, 0.25) is 5.88 Å². The van der Waals surface area contributed by atoms with Gasteiger partial charge in [0.05, 0.1) is 11.9 Å². The Labute approximate surface area is 97.4 Å². The number of aryl methyl sites for hydroxylation is 1. The Kier molecular flexibility index (Phi) is 5.37. The minimum absolute atomic E-state index is 0. The molecule has 0 aliphatic carbocycles. The zero-order valence-corrected chi connectivity index (χ0v) is 9.58. The molecule has 3 nitrogen and oxygen atoms in total. The molecule has 1 aromatic rings. The number of alkyl halides is 3. The summed E-state index contributed by atoms with van der Waals surface area (Å²) in [5, 5.41) is 2.83. The van der Waals surface area contributed by atoms with Crippen LogP contribution in [0.1, 0.15) is 5.56 Å². The van der Waals surface area contributed by atoms with E-state index in [0.29, 0.717) is 5.56 Å². The molecule has 92 valence electrons. The molecule has 16 heavy (non-hydrogen) atoms. The molecule has 0 aliphatic rings. The maximum absolute atomic E-state index is 11.9. The molecule has 0 spiro atoms. The number of nitrogens with zero attached hydrogens (tertiary/aromatic N) is 1. The predicted octanol–water partition coefficient (Wildman–Crippen LogP) is 2.79. The molecule has 7 heteroatoms. The second kappa shape index (κ2) is 5.79. The van der Waals surface area contributed by atoms with Crippen LogP contribution in [0, 0.1) is 6.92 Å². The number of aromatic nitrogens is 1. The average Bonchev–Trinajstić information content (AvgIpc) is 2.14. The van der Waals surface area contributed by atoms with Crippen molar-refractivity contribution in [3.8, 4) is 5.88 Å². The number of ether oxygens (including phenoxy) is 1. The SMILES string of the molecule is CNc1cnc(OCC(F)(F)F)c(C)c1.Cl. The first-order chi connectivity index (χ1) is 6.92. The summed E-state index contributed by atoms with van der Waals surface area (Å²) in [7, 11) is 1.70. The Bertz CT molecular complexity index is 344. The molecule has 0 saturated carbocycles. The summed E-state index contributed by atoms with van der Waals surface area (Å²) in [5.74, 6) is 0.00586. The molecular weight excluding hydrogens is 245 g/mol. The Morgan fingerprint density at radius 3 is 2.50 bits per heavy atom. The molecule has 0 fully saturated rings. The Morgan fingerprint density at radius 1 is 1.44 bits per heavy atom. The van der Waals surface area contributed by atoms with Crippen molar-refractivity contribution in [1.29, 1.82) is 0 Å². The van der Waals surface area contributed by atoms with Gasteiger partial charge >= 0.3 is 6.18 Å². The number of halogens is 4. The molecule has 0 saturated heterocycles. The van der Waals surface area contributed by atoms with Gasteiger partial charge in [-0.3, -0.25) is 0 Å². The zero-order chi connectivity index (χ0) is 11.5. The largest absolute Gasteiger partial charge is 0.468 e. The fourth-order valence-electron chi connectivity index (χ4n) is 1.00. The smallest absolute Gasteiger partial charge is 0.422 e. The van der Waals surface area contributed by atoms with Gasteiger partial charge in [-0.15, -0.1) is 12.4 Å². The third-order valence-corrected chi connectivity index (χ3v) is 1.69. The summed E-state index contributed by atoms with van der Waals surface area (Å²) in [6.45, 7) is 0.319. The van der Waals surface area contributed by atoms with E-state index in [-0.39, 0.29) is 18.3 Å². The summed E-state index contributed by atoms with van der Waals surface area (Å²) >= 11 is 0. The van der Waals surface area contributed by atoms with E-state index in [0.717, 1.165) is 5.69 Å². The Morgan fingerprint density at radius 2 is 2.06 bits per heavy atom. The van der Waals surface area contributed by atoms with Crippen molar-refractivity contribution in [3.63, 3.8) is 0 Å². The number of rotatable bonds is 3. The molecule has 0 atom stereocenters. The van der Waals surface area contributed by atoms with Crippen molar-refractivity contribution in [2.45, 2.75) is 13.1 Å². The van der Waals surface area contributed by atoms with Crippen LogP contribution >= 0.6 is 12.4 Å². The minimum atomic E-state index is -4.34. The Hall–Kier alpha value is -1.17. The summed E-state index contributed by atoms with van der Waals surface area (Å²) < 4.78 is 40.1. The lowest BCUT2D eigenvalue weighted by Crippen LogP contribution is -2.20. The topological polar surface area (TPSA) is 34.2 Å². The van der Waals surface area contributed by atoms with Gasteiger partial charge in [0.25, 0.3) is 0 Å². The summed E-state index contributed by atoms with van der Waals surface area (Å²) in [6.07, 6.45) is -2.92. The molecule has 0 radical (unpaired) electrons. The van der Waals surface area contributed by atoms with E-state index < -0.39 is 12.8 Å². The third kappa shape index (κ3) is 4.57. The number of hydrogen-bond acceptors (Lipinski definition) is 3. The summed E-state index contributed by atoms with van der Waals surface area (Å²) in [4.78, 5) is 3.77. The Balaban J connectivity index is 0.00000225. The number of nitrogens with one attached hydrogen (secondary N) is 1. The lowest BCUT2D eigenvalue weighted by molar-refractivity contribution is -0.154. The second-order valence-electron chi connectivity index (χ2n) is 3.00. The maximum atomic E-state index is 11.9. The molecule has 1 N–H and O–H groups in total. The van der Waals surface area contributed by atoms with Gasteiger partial charge in [-0.2, -0.15) is 13.2 Å². The lowest BCUT2D eigenvalue weighted by atomic mass is 10.3. The molecule has 1 rings (SSSR count). The van der Waals surface area contributed by atoms with Crippen molar-refractivity contribution in [2.75, 3.05) is 19.0 Å². The molecular formula is C9H12ClF3N2O. The molecule has 1 aromatic heterocycles. The van der Waals surface area contributed by atoms with Crippen molar-refractivity contribution < 1.29 is 17.9 Å². The standard InChI is InChI=1S/C9H11F3N2O.ClH/c1-6-3-7(13-2)4-14-8(6)15-5-9(10,11)12;/h3-4,13H,5H2,1-2H3;1H. The third-order valence-electron chi connectivity index (χ3n) is 1.69. The van der Waals surface area contributed by atoms with Crippen LogP contribution < -0.4 is 10.1 Å². The van der Waals surface area contributed by atoms with Crippen LogP contribution in [0.15, 0.2) is 12.3 Å². The fourth-order valence-corrected chi connectivity index (χ4v) is 1.00. The second-order valence-corrected chi connectivity index (χ2v) is 3.00. The van der Waals surface area contributed by atoms with Gasteiger partial charge in [0.1, 0.15) is 0 Å². The fraction of sp³-hybridized carbons (Fsp3) is 0.444. The quantitative estimate of drug-likeness (QED) is 0.903. The molecule has 0 aliphatic heterocycles. The summed E-state index contributed by atoms with van der Waals surface area (Å²) in [5.41, 5.74) is 1.29. The molecule has 0 unspecified atom stereocenters. The molecule has 0 aromatic carbocycles. The van der Waals surface area contributed by atoms with Gasteiger partial charge in [-0.25, -0.2) is 4.98 Å². The van der Waals surface area contributed by atoms with Crippen LogP contribution in [0.25, 0.3) is 0 Å². The monoisotopic (exact) mass is 256 g/mol. The van der Waals surface area contributed by atoms with Gasteiger partial charge in [0, 0.05) is 12.6 Å². The van der Waals surface area contributed by atoms with Gasteiger partial charge in [0.15, 0.2) is 6.61 Å². The van der Waals surface area contributed by atoms with Crippen LogP contribution in [-0.4, -0.2) is 24.8 Å². The predicted molar refractivity (Wildman–Crippen MR) is 57.3 cm³/mol. The molecule has 0 bridgehead atoms. The van der Waals surface area contributed by atoms with Crippen LogP contribution in [0.3, 0.4) is 0 Å². The minimum Gasteiger partial charge on any atom is -0.468 e. The summed E-state index contributed by atoms with van der Waals surface area (Å²) in [6, 6.07) is 1.67. The first-order valence-corrected chi connectivity index (χ1v) is 4.26. The van der Waals surface area contributed by atoms with Gasteiger partial charge < -0.3 is 10.1 Å². The van der Waals surface area contributed by atoms with Crippen molar-refractivity contribution >= 4 is 18.1 Å².